The molecule has 1 aliphatic carbocycles. The van der Waals surface area contributed by atoms with E-state index in [2.05, 4.69) is 11.9 Å². The quantitative estimate of drug-likeness (QED) is 0.610. The molecule has 0 bridgehead atoms. The molecular formula is C15H21NO2S. The van der Waals surface area contributed by atoms with Crippen molar-refractivity contribution in [2.24, 2.45) is 11.8 Å². The van der Waals surface area contributed by atoms with Crippen molar-refractivity contribution in [3.8, 4) is 0 Å². The van der Waals surface area contributed by atoms with E-state index in [0.29, 0.717) is 5.92 Å². The van der Waals surface area contributed by atoms with Crippen molar-refractivity contribution in [3.63, 3.8) is 0 Å². The summed E-state index contributed by atoms with van der Waals surface area (Å²) in [6.07, 6.45) is 6.46. The van der Waals surface area contributed by atoms with Gasteiger partial charge in [-0.05, 0) is 30.4 Å². The highest BCUT2D eigenvalue weighted by molar-refractivity contribution is 8.00. The number of rotatable bonds is 5. The Hall–Kier alpha value is -1.03. The highest BCUT2D eigenvalue weighted by Crippen LogP contribution is 2.38. The van der Waals surface area contributed by atoms with E-state index in [-0.39, 0.29) is 11.2 Å². The summed E-state index contributed by atoms with van der Waals surface area (Å²) >= 11 is 1.52. The number of hydrogen-bond acceptors (Lipinski definition) is 4. The molecule has 1 fully saturated rings. The third kappa shape index (κ3) is 3.96. The molecule has 0 saturated heterocycles. The minimum absolute atomic E-state index is 0.130. The molecule has 0 N–H and O–H groups in total. The van der Waals surface area contributed by atoms with Crippen LogP contribution in [0.3, 0.4) is 0 Å². The van der Waals surface area contributed by atoms with E-state index >= 15 is 0 Å². The van der Waals surface area contributed by atoms with Crippen molar-refractivity contribution < 1.29 is 9.53 Å². The molecule has 1 aliphatic rings. The van der Waals surface area contributed by atoms with Crippen LogP contribution in [0.1, 0.15) is 32.6 Å². The van der Waals surface area contributed by atoms with Gasteiger partial charge in [0.15, 0.2) is 0 Å². The number of ether oxygens (including phenoxy) is 1. The summed E-state index contributed by atoms with van der Waals surface area (Å²) < 4.78 is 4.94. The summed E-state index contributed by atoms with van der Waals surface area (Å²) in [5.41, 5.74) is 0. The fourth-order valence-corrected chi connectivity index (χ4v) is 3.84. The van der Waals surface area contributed by atoms with Crippen LogP contribution in [0.5, 0.6) is 0 Å². The number of methoxy groups -OCH3 is 1. The number of carbonyl (C=O) groups excluding carboxylic acids is 1. The van der Waals surface area contributed by atoms with E-state index in [1.54, 1.807) is 6.20 Å². The normalized spacial score (nSPS) is 24.1. The molecule has 0 aromatic carbocycles. The van der Waals surface area contributed by atoms with Crippen LogP contribution in [-0.2, 0) is 9.53 Å². The number of esters is 1. The smallest absolute Gasteiger partial charge is 0.319 e. The molecule has 0 aliphatic heterocycles. The van der Waals surface area contributed by atoms with Gasteiger partial charge < -0.3 is 4.74 Å². The number of carbonyl (C=O) groups is 1. The maximum atomic E-state index is 11.9. The first-order valence-corrected chi connectivity index (χ1v) is 7.74. The molecule has 3 atom stereocenters. The zero-order chi connectivity index (χ0) is 13.7. The molecule has 19 heavy (non-hydrogen) atoms. The largest absolute Gasteiger partial charge is 0.468 e. The van der Waals surface area contributed by atoms with Gasteiger partial charge in [-0.1, -0.05) is 44.0 Å². The predicted octanol–water partition coefficient (Wildman–Crippen LogP) is 3.54. The highest BCUT2D eigenvalue weighted by Gasteiger charge is 2.30. The second-order valence-electron chi connectivity index (χ2n) is 5.20. The lowest BCUT2D eigenvalue weighted by Gasteiger charge is -2.20. The summed E-state index contributed by atoms with van der Waals surface area (Å²) in [4.78, 5) is 16.2. The molecule has 1 aromatic heterocycles. The Morgan fingerprint density at radius 1 is 1.53 bits per heavy atom. The van der Waals surface area contributed by atoms with Gasteiger partial charge in [0.2, 0.25) is 0 Å². The van der Waals surface area contributed by atoms with Crippen LogP contribution < -0.4 is 0 Å². The van der Waals surface area contributed by atoms with Crippen molar-refractivity contribution >= 4 is 17.7 Å². The standard InChI is InChI=1S/C15H21NO2S/c1-11-6-5-7-12(11)10-13(15(17)18-2)19-14-8-3-4-9-16-14/h3-4,8-9,11-13H,5-7,10H2,1-2H3/t11-,12+,13?/m0/s1. The zero-order valence-electron chi connectivity index (χ0n) is 11.5. The van der Waals surface area contributed by atoms with Gasteiger partial charge in [-0.2, -0.15) is 0 Å². The van der Waals surface area contributed by atoms with Gasteiger partial charge in [0.1, 0.15) is 5.25 Å². The molecule has 2 rings (SSSR count). The Morgan fingerprint density at radius 2 is 2.37 bits per heavy atom. The number of aromatic nitrogens is 1. The van der Waals surface area contributed by atoms with E-state index < -0.39 is 0 Å². The molecule has 0 amide bonds. The number of nitrogens with zero attached hydrogens (tertiary/aromatic N) is 1. The Balaban J connectivity index is 2.01. The van der Waals surface area contributed by atoms with Crippen molar-refractivity contribution in [1.82, 2.24) is 4.98 Å². The first kappa shape index (κ1) is 14.4. The molecule has 3 nitrogen and oxygen atoms in total. The predicted molar refractivity (Wildman–Crippen MR) is 77.0 cm³/mol. The van der Waals surface area contributed by atoms with E-state index in [4.69, 9.17) is 4.74 Å². The second-order valence-corrected chi connectivity index (χ2v) is 6.42. The van der Waals surface area contributed by atoms with Crippen LogP contribution in [0.4, 0.5) is 0 Å². The van der Waals surface area contributed by atoms with Crippen molar-refractivity contribution in [2.75, 3.05) is 7.11 Å². The first-order valence-electron chi connectivity index (χ1n) is 6.86. The van der Waals surface area contributed by atoms with Crippen LogP contribution >= 0.6 is 11.8 Å². The monoisotopic (exact) mass is 279 g/mol. The highest BCUT2D eigenvalue weighted by atomic mass is 32.2. The molecule has 1 heterocycles. The van der Waals surface area contributed by atoms with Gasteiger partial charge in [0.25, 0.3) is 0 Å². The van der Waals surface area contributed by atoms with Gasteiger partial charge in [-0.25, -0.2) is 4.98 Å². The maximum Gasteiger partial charge on any atom is 0.319 e. The van der Waals surface area contributed by atoms with E-state index in [0.717, 1.165) is 17.4 Å². The van der Waals surface area contributed by atoms with Gasteiger partial charge in [0, 0.05) is 6.20 Å². The lowest BCUT2D eigenvalue weighted by Crippen LogP contribution is -2.23. The number of hydrogen-bond donors (Lipinski definition) is 0. The fraction of sp³-hybridized carbons (Fsp3) is 0.600. The Kier molecular flexibility index (Phi) is 5.25. The molecular weight excluding hydrogens is 258 g/mol. The van der Waals surface area contributed by atoms with Crippen LogP contribution in [0, 0.1) is 11.8 Å². The van der Waals surface area contributed by atoms with E-state index in [1.165, 1.54) is 38.1 Å². The van der Waals surface area contributed by atoms with E-state index in [9.17, 15) is 4.79 Å². The Bertz CT molecular complexity index is 410. The average Bonchev–Trinajstić information content (AvgIpc) is 2.84. The van der Waals surface area contributed by atoms with Crippen LogP contribution in [0.2, 0.25) is 0 Å². The van der Waals surface area contributed by atoms with Gasteiger partial charge in [0.05, 0.1) is 12.1 Å². The van der Waals surface area contributed by atoms with Crippen molar-refractivity contribution in [1.29, 1.82) is 0 Å². The van der Waals surface area contributed by atoms with Gasteiger partial charge in [-0.3, -0.25) is 4.79 Å². The van der Waals surface area contributed by atoms with Gasteiger partial charge in [-0.15, -0.1) is 0 Å². The third-order valence-electron chi connectivity index (χ3n) is 3.92. The zero-order valence-corrected chi connectivity index (χ0v) is 12.4. The SMILES string of the molecule is COC(=O)C(C[C@H]1CCC[C@@H]1C)Sc1ccccn1. The van der Waals surface area contributed by atoms with Crippen molar-refractivity contribution in [3.05, 3.63) is 24.4 Å². The van der Waals surface area contributed by atoms with Crippen molar-refractivity contribution in [2.45, 2.75) is 42.9 Å². The molecule has 4 heteroatoms. The third-order valence-corrected chi connectivity index (χ3v) is 5.07. The molecule has 1 saturated carbocycles. The topological polar surface area (TPSA) is 39.2 Å². The maximum absolute atomic E-state index is 11.9. The number of thioether (sulfide) groups is 1. The molecule has 0 spiro atoms. The molecule has 1 aromatic rings. The molecule has 0 radical (unpaired) electrons. The minimum atomic E-state index is -0.134. The summed E-state index contributed by atoms with van der Waals surface area (Å²) in [6, 6.07) is 5.77. The lowest BCUT2D eigenvalue weighted by molar-refractivity contribution is -0.140. The lowest BCUT2D eigenvalue weighted by atomic mass is 9.93. The minimum Gasteiger partial charge on any atom is -0.468 e. The summed E-state index contributed by atoms with van der Waals surface area (Å²) in [5, 5.41) is 0.758. The van der Waals surface area contributed by atoms with Crippen LogP contribution in [-0.4, -0.2) is 23.3 Å². The summed E-state index contributed by atoms with van der Waals surface area (Å²) in [5.74, 6) is 1.23. The second kappa shape index (κ2) is 6.94. The number of pyridine rings is 1. The molecule has 104 valence electrons. The van der Waals surface area contributed by atoms with Crippen LogP contribution in [0.15, 0.2) is 29.4 Å². The average molecular weight is 279 g/mol. The van der Waals surface area contributed by atoms with Crippen LogP contribution in [0.25, 0.3) is 0 Å². The summed E-state index contributed by atoms with van der Waals surface area (Å²) in [6.45, 7) is 2.29. The molecule has 1 unspecified atom stereocenters. The van der Waals surface area contributed by atoms with E-state index in [1.807, 2.05) is 18.2 Å². The summed E-state index contributed by atoms with van der Waals surface area (Å²) in [7, 11) is 1.46. The fourth-order valence-electron chi connectivity index (χ4n) is 2.73. The Labute approximate surface area is 119 Å². The Morgan fingerprint density at radius 3 is 2.95 bits per heavy atom. The van der Waals surface area contributed by atoms with Gasteiger partial charge >= 0.3 is 5.97 Å². The first-order chi connectivity index (χ1) is 9.20.